The summed E-state index contributed by atoms with van der Waals surface area (Å²) >= 11 is 0. The summed E-state index contributed by atoms with van der Waals surface area (Å²) in [6.07, 6.45) is 3.15. The Labute approximate surface area is 249 Å². The van der Waals surface area contributed by atoms with Crippen LogP contribution < -0.4 is 14.8 Å². The van der Waals surface area contributed by atoms with E-state index in [2.05, 4.69) is 10.0 Å². The van der Waals surface area contributed by atoms with Gasteiger partial charge < -0.3 is 19.9 Å². The Hall–Kier alpha value is -4.49. The van der Waals surface area contributed by atoms with Gasteiger partial charge in [0.2, 0.25) is 10.0 Å². The fraction of sp³-hybridized carbons (Fsp3) is 0.333. The van der Waals surface area contributed by atoms with Crippen LogP contribution in [0, 0.1) is 10.1 Å². The van der Waals surface area contributed by atoms with Gasteiger partial charge in [0, 0.05) is 17.7 Å². The standard InChI is InChI=1S/C30H33N3O9S/c1-43(39,40)32-29(35)26-15-10-23(18-27(26)21-4-2-3-5-21)20-8-13-25(14-9-20)41-16-17-42-30(36)31-19-28(34)22-6-11-24(12-7-22)33(37)38/h6-15,18,21,28,34H,2-5,16-17,19H2,1H3,(H,31,36)(H,32,35)/t28-/m0/s1. The summed E-state index contributed by atoms with van der Waals surface area (Å²) in [5, 5.41) is 23.3. The van der Waals surface area contributed by atoms with Gasteiger partial charge >= 0.3 is 6.09 Å². The van der Waals surface area contributed by atoms with Crippen LogP contribution in [0.15, 0.2) is 66.7 Å². The molecule has 13 heteroatoms. The van der Waals surface area contributed by atoms with Crippen molar-refractivity contribution in [2.75, 3.05) is 26.0 Å². The molecule has 12 nitrogen and oxygen atoms in total. The smallest absolute Gasteiger partial charge is 0.407 e. The fourth-order valence-corrected chi connectivity index (χ4v) is 5.40. The van der Waals surface area contributed by atoms with E-state index in [4.69, 9.17) is 9.47 Å². The van der Waals surface area contributed by atoms with E-state index < -0.39 is 33.1 Å². The first-order valence-corrected chi connectivity index (χ1v) is 15.6. The summed E-state index contributed by atoms with van der Waals surface area (Å²) in [5.74, 6) is 0.114. The molecule has 4 rings (SSSR count). The van der Waals surface area contributed by atoms with Crippen molar-refractivity contribution in [2.45, 2.75) is 37.7 Å². The normalized spacial score (nSPS) is 14.1. The van der Waals surface area contributed by atoms with Crippen molar-refractivity contribution in [2.24, 2.45) is 0 Å². The van der Waals surface area contributed by atoms with E-state index >= 15 is 0 Å². The van der Waals surface area contributed by atoms with Crippen LogP contribution in [-0.4, -0.2) is 56.5 Å². The molecule has 1 aliphatic rings. The van der Waals surface area contributed by atoms with Crippen molar-refractivity contribution in [3.8, 4) is 16.9 Å². The maximum Gasteiger partial charge on any atom is 0.407 e. The topological polar surface area (TPSA) is 174 Å². The predicted octanol–water partition coefficient (Wildman–Crippen LogP) is 4.45. The predicted molar refractivity (Wildman–Crippen MR) is 158 cm³/mol. The second-order valence-corrected chi connectivity index (χ2v) is 12.0. The van der Waals surface area contributed by atoms with Crippen LogP contribution in [0.2, 0.25) is 0 Å². The summed E-state index contributed by atoms with van der Waals surface area (Å²) < 4.78 is 36.1. The lowest BCUT2D eigenvalue weighted by Crippen LogP contribution is -2.30. The lowest BCUT2D eigenvalue weighted by Gasteiger charge is -2.17. The second-order valence-electron chi connectivity index (χ2n) is 10.2. The SMILES string of the molecule is CS(=O)(=O)NC(=O)c1ccc(-c2ccc(OCCOC(=O)NC[C@H](O)c3ccc([N+](=O)[O-])cc3)cc2)cc1C1CCCC1. The Morgan fingerprint density at radius 2 is 1.65 bits per heavy atom. The summed E-state index contributed by atoms with van der Waals surface area (Å²) in [6, 6.07) is 18.1. The zero-order valence-electron chi connectivity index (χ0n) is 23.5. The van der Waals surface area contributed by atoms with Gasteiger partial charge in [0.05, 0.1) is 23.8 Å². The number of carbonyl (C=O) groups is 2. The molecule has 3 aromatic rings. The Kier molecular flexibility index (Phi) is 10.3. The van der Waals surface area contributed by atoms with Crippen LogP contribution in [0.25, 0.3) is 11.1 Å². The average Bonchev–Trinajstić information content (AvgIpc) is 3.52. The van der Waals surface area contributed by atoms with Gasteiger partial charge in [-0.15, -0.1) is 0 Å². The molecular formula is C30H33N3O9S. The molecule has 1 saturated carbocycles. The van der Waals surface area contributed by atoms with Gasteiger partial charge in [-0.3, -0.25) is 14.9 Å². The number of carbonyl (C=O) groups excluding carboxylic acids is 2. The molecule has 0 heterocycles. The van der Waals surface area contributed by atoms with E-state index in [0.717, 1.165) is 48.6 Å². The number of amides is 2. The molecule has 3 aromatic carbocycles. The van der Waals surface area contributed by atoms with Crippen molar-refractivity contribution in [1.82, 2.24) is 10.0 Å². The van der Waals surface area contributed by atoms with Crippen LogP contribution >= 0.6 is 0 Å². The van der Waals surface area contributed by atoms with Gasteiger partial charge in [-0.2, -0.15) is 0 Å². The van der Waals surface area contributed by atoms with E-state index in [1.807, 2.05) is 18.2 Å². The second kappa shape index (κ2) is 14.1. The summed E-state index contributed by atoms with van der Waals surface area (Å²) in [5.41, 5.74) is 3.31. The number of alkyl carbamates (subject to hydrolysis) is 1. The monoisotopic (exact) mass is 611 g/mol. The first-order chi connectivity index (χ1) is 20.5. The highest BCUT2D eigenvalue weighted by molar-refractivity contribution is 7.89. The van der Waals surface area contributed by atoms with Crippen molar-refractivity contribution in [3.63, 3.8) is 0 Å². The molecule has 43 heavy (non-hydrogen) atoms. The first kappa shape index (κ1) is 31.4. The van der Waals surface area contributed by atoms with Gasteiger partial charge in [0.15, 0.2) is 0 Å². The largest absolute Gasteiger partial charge is 0.490 e. The molecule has 1 aliphatic carbocycles. The Morgan fingerprint density at radius 1 is 1.00 bits per heavy atom. The quantitative estimate of drug-likeness (QED) is 0.152. The van der Waals surface area contributed by atoms with Crippen LogP contribution in [0.5, 0.6) is 5.75 Å². The number of nitrogens with one attached hydrogen (secondary N) is 2. The number of rotatable bonds is 12. The number of aliphatic hydroxyl groups is 1. The molecule has 3 N–H and O–H groups in total. The van der Waals surface area contributed by atoms with E-state index in [1.165, 1.54) is 24.3 Å². The number of ether oxygens (including phenoxy) is 2. The van der Waals surface area contributed by atoms with Crippen LogP contribution in [0.1, 0.15) is 59.2 Å². The molecule has 1 atom stereocenters. The van der Waals surface area contributed by atoms with Gasteiger partial charge in [0.1, 0.15) is 19.0 Å². The molecule has 0 unspecified atom stereocenters. The van der Waals surface area contributed by atoms with Crippen molar-refractivity contribution in [1.29, 1.82) is 0 Å². The van der Waals surface area contributed by atoms with Crippen molar-refractivity contribution < 1.29 is 37.5 Å². The molecule has 0 aromatic heterocycles. The zero-order chi connectivity index (χ0) is 31.0. The molecule has 0 spiro atoms. The average molecular weight is 612 g/mol. The minimum Gasteiger partial charge on any atom is -0.490 e. The van der Waals surface area contributed by atoms with Gasteiger partial charge in [-0.1, -0.05) is 37.1 Å². The molecule has 1 fully saturated rings. The molecule has 228 valence electrons. The van der Waals surface area contributed by atoms with Gasteiger partial charge in [-0.05, 0) is 71.3 Å². The van der Waals surface area contributed by atoms with E-state index in [-0.39, 0.29) is 31.4 Å². The summed E-state index contributed by atoms with van der Waals surface area (Å²) in [7, 11) is -3.69. The number of nitro benzene ring substituents is 1. The number of sulfonamides is 1. The number of benzene rings is 3. The minimum absolute atomic E-state index is 0.0387. The maximum atomic E-state index is 12.7. The fourth-order valence-electron chi connectivity index (χ4n) is 4.95. The summed E-state index contributed by atoms with van der Waals surface area (Å²) in [6.45, 7) is -0.0820. The highest BCUT2D eigenvalue weighted by atomic mass is 32.2. The molecular weight excluding hydrogens is 578 g/mol. The Balaban J connectivity index is 1.27. The first-order valence-electron chi connectivity index (χ1n) is 13.7. The van der Waals surface area contributed by atoms with E-state index in [1.54, 1.807) is 24.3 Å². The third kappa shape index (κ3) is 9.00. The molecule has 2 amide bonds. The Morgan fingerprint density at radius 3 is 2.28 bits per heavy atom. The van der Waals surface area contributed by atoms with Crippen molar-refractivity contribution >= 4 is 27.7 Å². The van der Waals surface area contributed by atoms with Gasteiger partial charge in [-0.25, -0.2) is 17.9 Å². The molecule has 0 radical (unpaired) electrons. The van der Waals surface area contributed by atoms with Crippen LogP contribution in [0.3, 0.4) is 0 Å². The highest BCUT2D eigenvalue weighted by Crippen LogP contribution is 2.38. The zero-order valence-corrected chi connectivity index (χ0v) is 24.3. The number of nitro groups is 1. The van der Waals surface area contributed by atoms with Crippen LogP contribution in [-0.2, 0) is 14.8 Å². The third-order valence-electron chi connectivity index (χ3n) is 7.07. The Bertz CT molecular complexity index is 1550. The minimum atomic E-state index is -3.69. The number of hydrogen-bond donors (Lipinski definition) is 3. The lowest BCUT2D eigenvalue weighted by molar-refractivity contribution is -0.384. The lowest BCUT2D eigenvalue weighted by atomic mass is 9.89. The number of aliphatic hydroxyl groups excluding tert-OH is 1. The third-order valence-corrected chi connectivity index (χ3v) is 7.63. The molecule has 0 aliphatic heterocycles. The molecule has 0 bridgehead atoms. The van der Waals surface area contributed by atoms with Crippen molar-refractivity contribution in [3.05, 3.63) is 93.5 Å². The highest BCUT2D eigenvalue weighted by Gasteiger charge is 2.24. The summed E-state index contributed by atoms with van der Waals surface area (Å²) in [4.78, 5) is 34.8. The maximum absolute atomic E-state index is 12.7. The van der Waals surface area contributed by atoms with E-state index in [0.29, 0.717) is 16.9 Å². The van der Waals surface area contributed by atoms with Gasteiger partial charge in [0.25, 0.3) is 11.6 Å². The number of hydrogen-bond acceptors (Lipinski definition) is 9. The number of non-ortho nitro benzene ring substituents is 1. The molecule has 0 saturated heterocycles. The number of nitrogens with zero attached hydrogens (tertiary/aromatic N) is 1. The van der Waals surface area contributed by atoms with E-state index in [9.17, 15) is 33.2 Å². The van der Waals surface area contributed by atoms with Crippen LogP contribution in [0.4, 0.5) is 10.5 Å².